The number of hydrogen-bond acceptors (Lipinski definition) is 5. The highest BCUT2D eigenvalue weighted by atomic mass is 32.2. The maximum absolute atomic E-state index is 12.4. The molecular formula is C17H19NO4S. The van der Waals surface area contributed by atoms with Crippen molar-refractivity contribution in [1.82, 2.24) is 0 Å². The Kier molecular flexibility index (Phi) is 4.56. The van der Waals surface area contributed by atoms with Gasteiger partial charge in [-0.25, -0.2) is 0 Å². The zero-order valence-electron chi connectivity index (χ0n) is 13.8. The molecule has 0 fully saturated rings. The van der Waals surface area contributed by atoms with Crippen LogP contribution in [-0.2, 0) is 19.2 Å². The van der Waals surface area contributed by atoms with Gasteiger partial charge in [-0.05, 0) is 63.5 Å². The van der Waals surface area contributed by atoms with Crippen LogP contribution in [0.1, 0.15) is 30.5 Å². The second kappa shape index (κ2) is 6.12. The van der Waals surface area contributed by atoms with E-state index in [1.54, 1.807) is 39.8 Å². The Hall–Kier alpha value is -2.21. The van der Waals surface area contributed by atoms with Crippen molar-refractivity contribution >= 4 is 21.6 Å². The lowest BCUT2D eigenvalue weighted by molar-refractivity contribution is -0.111. The van der Waals surface area contributed by atoms with E-state index in [1.165, 1.54) is 12.2 Å². The van der Waals surface area contributed by atoms with Gasteiger partial charge < -0.3 is 0 Å². The first kappa shape index (κ1) is 17.1. The molecule has 5 nitrogen and oxygen atoms in total. The van der Waals surface area contributed by atoms with E-state index in [2.05, 4.69) is 5.16 Å². The van der Waals surface area contributed by atoms with E-state index in [0.717, 1.165) is 5.56 Å². The Morgan fingerprint density at radius 1 is 0.913 bits per heavy atom. The molecule has 0 amide bonds. The third kappa shape index (κ3) is 3.42. The minimum absolute atomic E-state index is 0.116. The average Bonchev–Trinajstić information content (AvgIpc) is 2.42. The van der Waals surface area contributed by atoms with Crippen LogP contribution < -0.4 is 0 Å². The Labute approximate surface area is 136 Å². The van der Waals surface area contributed by atoms with Crippen molar-refractivity contribution in [2.75, 3.05) is 0 Å². The molecule has 0 radical (unpaired) electrons. The van der Waals surface area contributed by atoms with Gasteiger partial charge in [-0.3, -0.25) is 9.08 Å². The molecule has 1 aromatic rings. The first-order valence-corrected chi connectivity index (χ1v) is 8.54. The molecule has 1 aliphatic carbocycles. The quantitative estimate of drug-likeness (QED) is 0.629. The van der Waals surface area contributed by atoms with Crippen molar-refractivity contribution in [3.63, 3.8) is 0 Å². The minimum atomic E-state index is -4.02. The first-order chi connectivity index (χ1) is 10.6. The third-order valence-corrected chi connectivity index (χ3v) is 5.21. The van der Waals surface area contributed by atoms with Crippen molar-refractivity contribution in [2.45, 2.75) is 39.5 Å². The standard InChI is InChI=1S/C17H19NO4S/c1-10-8-11(2)17(12(3)9-10)23(20,21)22-18-15-6-7-16(19)14(5)13(15)4/h6-9H,1-5H3/b18-15-. The van der Waals surface area contributed by atoms with E-state index in [9.17, 15) is 13.2 Å². The third-order valence-electron chi connectivity index (χ3n) is 3.80. The smallest absolute Gasteiger partial charge is 0.290 e. The summed E-state index contributed by atoms with van der Waals surface area (Å²) >= 11 is 0. The van der Waals surface area contributed by atoms with Gasteiger partial charge in [0.15, 0.2) is 5.78 Å². The highest BCUT2D eigenvalue weighted by Gasteiger charge is 2.23. The fourth-order valence-corrected chi connectivity index (χ4v) is 3.73. The van der Waals surface area contributed by atoms with Gasteiger partial charge in [-0.1, -0.05) is 22.9 Å². The second-order valence-electron chi connectivity index (χ2n) is 5.68. The molecule has 0 unspecified atom stereocenters. The highest BCUT2D eigenvalue weighted by Crippen LogP contribution is 2.24. The molecule has 23 heavy (non-hydrogen) atoms. The molecule has 0 bridgehead atoms. The predicted molar refractivity (Wildman–Crippen MR) is 88.9 cm³/mol. The number of benzene rings is 1. The van der Waals surface area contributed by atoms with E-state index in [1.807, 2.05) is 6.92 Å². The molecule has 0 saturated carbocycles. The molecule has 0 spiro atoms. The molecule has 0 saturated heterocycles. The highest BCUT2D eigenvalue weighted by molar-refractivity contribution is 7.86. The first-order valence-electron chi connectivity index (χ1n) is 7.13. The number of allylic oxidation sites excluding steroid dienone is 4. The van der Waals surface area contributed by atoms with Crippen LogP contribution in [0.4, 0.5) is 0 Å². The second-order valence-corrected chi connectivity index (χ2v) is 7.15. The molecule has 0 atom stereocenters. The normalized spacial score (nSPS) is 17.1. The fourth-order valence-electron chi connectivity index (χ4n) is 2.57. The zero-order chi connectivity index (χ0) is 17.4. The summed E-state index contributed by atoms with van der Waals surface area (Å²) in [6, 6.07) is 3.57. The van der Waals surface area contributed by atoms with Crippen LogP contribution in [0, 0.1) is 20.8 Å². The number of carbonyl (C=O) groups is 1. The maximum Gasteiger partial charge on any atom is 0.359 e. The van der Waals surface area contributed by atoms with Crippen LogP contribution in [0.25, 0.3) is 0 Å². The Balaban J connectivity index is 2.39. The van der Waals surface area contributed by atoms with E-state index < -0.39 is 10.1 Å². The molecule has 2 rings (SSSR count). The van der Waals surface area contributed by atoms with Gasteiger partial charge in [-0.2, -0.15) is 8.42 Å². The summed E-state index contributed by atoms with van der Waals surface area (Å²) in [4.78, 5) is 11.7. The average molecular weight is 333 g/mol. The number of carbonyl (C=O) groups excluding carboxylic acids is 1. The van der Waals surface area contributed by atoms with E-state index in [-0.39, 0.29) is 10.7 Å². The number of ketones is 1. The molecule has 122 valence electrons. The summed E-state index contributed by atoms with van der Waals surface area (Å²) in [6.45, 7) is 8.71. The van der Waals surface area contributed by atoms with E-state index >= 15 is 0 Å². The Morgan fingerprint density at radius 2 is 1.48 bits per heavy atom. The van der Waals surface area contributed by atoms with Crippen LogP contribution in [0.15, 0.2) is 45.5 Å². The van der Waals surface area contributed by atoms with Crippen LogP contribution in [0.2, 0.25) is 0 Å². The Morgan fingerprint density at radius 3 is 2.04 bits per heavy atom. The fraction of sp³-hybridized carbons (Fsp3) is 0.294. The lowest BCUT2D eigenvalue weighted by Crippen LogP contribution is -2.13. The Bertz CT molecular complexity index is 851. The van der Waals surface area contributed by atoms with Gasteiger partial charge in [0, 0.05) is 5.57 Å². The maximum atomic E-state index is 12.4. The number of oxime groups is 1. The molecular weight excluding hydrogens is 314 g/mol. The van der Waals surface area contributed by atoms with Crippen molar-refractivity contribution in [3.05, 3.63) is 52.1 Å². The molecule has 0 N–H and O–H groups in total. The summed E-state index contributed by atoms with van der Waals surface area (Å²) in [5.74, 6) is -0.116. The molecule has 0 heterocycles. The SMILES string of the molecule is CC1=C(C)/C(=N\OS(=O)(=O)c2c(C)cc(C)cc2C)C=CC1=O. The van der Waals surface area contributed by atoms with Gasteiger partial charge >= 0.3 is 10.1 Å². The van der Waals surface area contributed by atoms with Gasteiger partial charge in [-0.15, -0.1) is 0 Å². The van der Waals surface area contributed by atoms with Gasteiger partial charge in [0.25, 0.3) is 0 Å². The predicted octanol–water partition coefficient (Wildman–Crippen LogP) is 3.15. The number of aryl methyl sites for hydroxylation is 3. The van der Waals surface area contributed by atoms with Crippen LogP contribution in [-0.4, -0.2) is 19.9 Å². The molecule has 0 aliphatic heterocycles. The monoisotopic (exact) mass is 333 g/mol. The molecule has 0 aromatic heterocycles. The van der Waals surface area contributed by atoms with Gasteiger partial charge in [0.05, 0.1) is 0 Å². The van der Waals surface area contributed by atoms with E-state index in [4.69, 9.17) is 4.28 Å². The van der Waals surface area contributed by atoms with Crippen LogP contribution >= 0.6 is 0 Å². The largest absolute Gasteiger partial charge is 0.359 e. The van der Waals surface area contributed by atoms with Crippen molar-refractivity contribution < 1.29 is 17.5 Å². The summed E-state index contributed by atoms with van der Waals surface area (Å²) in [5, 5.41) is 3.73. The molecule has 1 aliphatic rings. The minimum Gasteiger partial charge on any atom is -0.290 e. The summed E-state index contributed by atoms with van der Waals surface area (Å²) in [6.07, 6.45) is 2.80. The summed E-state index contributed by atoms with van der Waals surface area (Å²) < 4.78 is 29.8. The number of nitrogens with zero attached hydrogens (tertiary/aromatic N) is 1. The van der Waals surface area contributed by atoms with Gasteiger partial charge in [0.1, 0.15) is 10.6 Å². The van der Waals surface area contributed by atoms with Crippen molar-refractivity contribution in [3.8, 4) is 0 Å². The van der Waals surface area contributed by atoms with Crippen LogP contribution in [0.5, 0.6) is 0 Å². The summed E-state index contributed by atoms with van der Waals surface area (Å²) in [5.41, 5.74) is 3.66. The van der Waals surface area contributed by atoms with Gasteiger partial charge in [0.2, 0.25) is 0 Å². The summed E-state index contributed by atoms with van der Waals surface area (Å²) in [7, 11) is -4.02. The lowest BCUT2D eigenvalue weighted by atomic mass is 9.97. The van der Waals surface area contributed by atoms with Crippen molar-refractivity contribution in [1.29, 1.82) is 0 Å². The van der Waals surface area contributed by atoms with E-state index in [0.29, 0.717) is 28.0 Å². The zero-order valence-corrected chi connectivity index (χ0v) is 14.6. The number of rotatable bonds is 3. The van der Waals surface area contributed by atoms with Crippen molar-refractivity contribution in [2.24, 2.45) is 5.16 Å². The topological polar surface area (TPSA) is 72.8 Å². The lowest BCUT2D eigenvalue weighted by Gasteiger charge is -2.12. The molecule has 1 aromatic carbocycles. The van der Waals surface area contributed by atoms with Crippen LogP contribution in [0.3, 0.4) is 0 Å². The number of hydrogen-bond donors (Lipinski definition) is 0. The molecule has 6 heteroatoms.